The van der Waals surface area contributed by atoms with Crippen molar-refractivity contribution in [2.45, 2.75) is 13.8 Å². The van der Waals surface area contributed by atoms with Gasteiger partial charge in [0.25, 0.3) is 0 Å². The van der Waals surface area contributed by atoms with Crippen LogP contribution in [0.25, 0.3) is 22.3 Å². The number of esters is 3. The van der Waals surface area contributed by atoms with Gasteiger partial charge in [0.2, 0.25) is 5.43 Å². The van der Waals surface area contributed by atoms with E-state index in [0.29, 0.717) is 5.56 Å². The summed E-state index contributed by atoms with van der Waals surface area (Å²) >= 11 is 6.30. The highest BCUT2D eigenvalue weighted by atomic mass is 35.5. The Bertz CT molecular complexity index is 1310. The number of hydrogen-bond acceptors (Lipinski definition) is 9. The van der Waals surface area contributed by atoms with E-state index in [2.05, 4.69) is 0 Å². The standard InChI is InChI=1S/C22H17ClO9/c1-10(24)30-15-7-12(5-6-14(15)28-3)21-19(23)20(26)18-16(31-11(2)25)8-13(22(27)29-4)9-17(18)32-21/h5-9H,1-4H3. The summed E-state index contributed by atoms with van der Waals surface area (Å²) < 4.78 is 25.9. The minimum absolute atomic E-state index is 0.0111. The smallest absolute Gasteiger partial charge is 0.338 e. The summed E-state index contributed by atoms with van der Waals surface area (Å²) in [4.78, 5) is 48.0. The van der Waals surface area contributed by atoms with Crippen LogP contribution >= 0.6 is 11.6 Å². The van der Waals surface area contributed by atoms with Crippen molar-refractivity contribution in [1.29, 1.82) is 0 Å². The van der Waals surface area contributed by atoms with E-state index >= 15 is 0 Å². The van der Waals surface area contributed by atoms with E-state index in [9.17, 15) is 19.2 Å². The molecule has 0 amide bonds. The first-order valence-corrected chi connectivity index (χ1v) is 9.48. The molecule has 166 valence electrons. The SMILES string of the molecule is COC(=O)c1cc(OC(C)=O)c2c(=O)c(Cl)c(-c3ccc(OC)c(OC(C)=O)c3)oc2c1. The van der Waals surface area contributed by atoms with Gasteiger partial charge in [-0.25, -0.2) is 4.79 Å². The van der Waals surface area contributed by atoms with Crippen molar-refractivity contribution in [3.8, 4) is 28.6 Å². The van der Waals surface area contributed by atoms with E-state index in [-0.39, 0.29) is 44.6 Å². The Balaban J connectivity index is 2.31. The highest BCUT2D eigenvalue weighted by Gasteiger charge is 2.22. The third-order valence-electron chi connectivity index (χ3n) is 4.26. The molecule has 0 saturated heterocycles. The predicted octanol–water partition coefficient (Wildman–Crippen LogP) is 3.76. The van der Waals surface area contributed by atoms with Gasteiger partial charge in [0.05, 0.1) is 19.8 Å². The lowest BCUT2D eigenvalue weighted by atomic mass is 10.1. The fraction of sp³-hybridized carbons (Fsp3) is 0.182. The van der Waals surface area contributed by atoms with Gasteiger partial charge in [-0.3, -0.25) is 14.4 Å². The van der Waals surface area contributed by atoms with Gasteiger partial charge in [0.15, 0.2) is 17.3 Å². The molecule has 0 unspecified atom stereocenters. The largest absolute Gasteiger partial charge is 0.493 e. The molecule has 0 radical (unpaired) electrons. The molecule has 0 bridgehead atoms. The Hall–Kier alpha value is -3.85. The molecule has 0 atom stereocenters. The number of carbonyl (C=O) groups is 3. The fourth-order valence-corrected chi connectivity index (χ4v) is 3.21. The summed E-state index contributed by atoms with van der Waals surface area (Å²) in [5, 5.41) is -0.439. The number of hydrogen-bond donors (Lipinski definition) is 0. The number of benzene rings is 2. The Morgan fingerprint density at radius 3 is 2.16 bits per heavy atom. The van der Waals surface area contributed by atoms with Gasteiger partial charge >= 0.3 is 17.9 Å². The van der Waals surface area contributed by atoms with Crippen molar-refractivity contribution in [3.05, 3.63) is 51.1 Å². The Labute approximate surface area is 186 Å². The molecule has 0 spiro atoms. The number of rotatable bonds is 5. The average molecular weight is 461 g/mol. The second-order valence-corrected chi connectivity index (χ2v) is 6.84. The van der Waals surface area contributed by atoms with Gasteiger partial charge in [-0.1, -0.05) is 11.6 Å². The number of halogens is 1. The average Bonchev–Trinajstić information content (AvgIpc) is 2.74. The molecule has 1 heterocycles. The van der Waals surface area contributed by atoms with E-state index < -0.39 is 23.3 Å². The van der Waals surface area contributed by atoms with Crippen LogP contribution in [0.5, 0.6) is 17.2 Å². The Kier molecular flexibility index (Phi) is 6.50. The zero-order chi connectivity index (χ0) is 23.6. The number of fused-ring (bicyclic) bond motifs is 1. The summed E-state index contributed by atoms with van der Waals surface area (Å²) in [6.07, 6.45) is 0. The molecule has 1 aromatic heterocycles. The maximum Gasteiger partial charge on any atom is 0.338 e. The molecule has 0 aliphatic rings. The molecular weight excluding hydrogens is 444 g/mol. The minimum Gasteiger partial charge on any atom is -0.493 e. The van der Waals surface area contributed by atoms with Crippen LogP contribution in [0.3, 0.4) is 0 Å². The lowest BCUT2D eigenvalue weighted by molar-refractivity contribution is -0.132. The molecule has 0 aliphatic heterocycles. The maximum absolute atomic E-state index is 13.1. The Morgan fingerprint density at radius 2 is 1.56 bits per heavy atom. The van der Waals surface area contributed by atoms with Crippen LogP contribution in [0.1, 0.15) is 24.2 Å². The molecule has 0 aliphatic carbocycles. The lowest BCUT2D eigenvalue weighted by Gasteiger charge is -2.12. The van der Waals surface area contributed by atoms with E-state index in [1.54, 1.807) is 6.07 Å². The van der Waals surface area contributed by atoms with E-state index in [0.717, 1.165) is 6.92 Å². The molecule has 0 N–H and O–H groups in total. The maximum atomic E-state index is 13.1. The molecular formula is C22H17ClO9. The second-order valence-electron chi connectivity index (χ2n) is 6.47. The number of methoxy groups -OCH3 is 2. The summed E-state index contributed by atoms with van der Waals surface area (Å²) in [6.45, 7) is 2.36. The molecule has 3 aromatic rings. The van der Waals surface area contributed by atoms with E-state index in [4.69, 9.17) is 35.0 Å². The zero-order valence-electron chi connectivity index (χ0n) is 17.4. The van der Waals surface area contributed by atoms with Gasteiger partial charge in [-0.15, -0.1) is 0 Å². The van der Waals surface area contributed by atoms with Crippen LogP contribution in [-0.4, -0.2) is 32.1 Å². The van der Waals surface area contributed by atoms with Crippen molar-refractivity contribution >= 4 is 40.5 Å². The highest BCUT2D eigenvalue weighted by molar-refractivity contribution is 6.33. The van der Waals surface area contributed by atoms with Crippen molar-refractivity contribution < 1.29 is 37.7 Å². The molecule has 32 heavy (non-hydrogen) atoms. The van der Waals surface area contributed by atoms with Crippen molar-refractivity contribution in [2.75, 3.05) is 14.2 Å². The first-order chi connectivity index (χ1) is 15.2. The second kappa shape index (κ2) is 9.11. The van der Waals surface area contributed by atoms with Crippen molar-refractivity contribution in [2.24, 2.45) is 0 Å². The highest BCUT2D eigenvalue weighted by Crippen LogP contribution is 2.37. The van der Waals surface area contributed by atoms with Gasteiger partial charge in [0, 0.05) is 19.4 Å². The van der Waals surface area contributed by atoms with Crippen LogP contribution in [0.2, 0.25) is 5.02 Å². The third-order valence-corrected chi connectivity index (χ3v) is 4.60. The predicted molar refractivity (Wildman–Crippen MR) is 113 cm³/mol. The first-order valence-electron chi connectivity index (χ1n) is 9.10. The summed E-state index contributed by atoms with van der Waals surface area (Å²) in [5.41, 5.74) is -0.481. The molecule has 9 nitrogen and oxygen atoms in total. The summed E-state index contributed by atoms with van der Waals surface area (Å²) in [7, 11) is 2.57. The molecule has 0 fully saturated rings. The fourth-order valence-electron chi connectivity index (χ4n) is 2.97. The molecule has 0 saturated carbocycles. The van der Waals surface area contributed by atoms with Crippen LogP contribution in [0, 0.1) is 0 Å². The van der Waals surface area contributed by atoms with Gasteiger partial charge in [0.1, 0.15) is 21.7 Å². The topological polar surface area (TPSA) is 118 Å². The van der Waals surface area contributed by atoms with Gasteiger partial charge in [-0.2, -0.15) is 0 Å². The normalized spacial score (nSPS) is 10.5. The van der Waals surface area contributed by atoms with Gasteiger partial charge in [-0.05, 0) is 30.3 Å². The number of carbonyl (C=O) groups excluding carboxylic acids is 3. The molecule has 3 rings (SSSR count). The van der Waals surface area contributed by atoms with Crippen LogP contribution in [-0.2, 0) is 14.3 Å². The van der Waals surface area contributed by atoms with Crippen molar-refractivity contribution in [1.82, 2.24) is 0 Å². The first kappa shape index (κ1) is 22.8. The van der Waals surface area contributed by atoms with Crippen molar-refractivity contribution in [3.63, 3.8) is 0 Å². The molecule has 10 heteroatoms. The third kappa shape index (κ3) is 4.42. The van der Waals surface area contributed by atoms with E-state index in [1.807, 2.05) is 0 Å². The molecule has 2 aromatic carbocycles. The quantitative estimate of drug-likeness (QED) is 0.414. The van der Waals surface area contributed by atoms with Gasteiger partial charge < -0.3 is 23.4 Å². The van der Waals surface area contributed by atoms with Crippen LogP contribution < -0.4 is 19.6 Å². The lowest BCUT2D eigenvalue weighted by Crippen LogP contribution is -2.11. The Morgan fingerprint density at radius 1 is 0.906 bits per heavy atom. The minimum atomic E-state index is -0.735. The number of ether oxygens (including phenoxy) is 4. The summed E-state index contributed by atoms with van der Waals surface area (Å²) in [5.74, 6) is -1.94. The zero-order valence-corrected chi connectivity index (χ0v) is 18.2. The summed E-state index contributed by atoms with van der Waals surface area (Å²) in [6, 6.07) is 6.91. The van der Waals surface area contributed by atoms with Crippen LogP contribution in [0.4, 0.5) is 0 Å². The van der Waals surface area contributed by atoms with Crippen LogP contribution in [0.15, 0.2) is 39.5 Å². The monoisotopic (exact) mass is 460 g/mol. The van der Waals surface area contributed by atoms with E-state index in [1.165, 1.54) is 45.4 Å².